The number of carbonyl (C=O) groups excluding carboxylic acids is 4. The minimum Gasteiger partial charge on any atom is -0.481 e. The number of anilines is 3. The summed E-state index contributed by atoms with van der Waals surface area (Å²) in [7, 11) is 0. The lowest BCUT2D eigenvalue weighted by Gasteiger charge is -2.35. The number of benzene rings is 1. The van der Waals surface area contributed by atoms with Gasteiger partial charge in [0.25, 0.3) is 5.56 Å². The van der Waals surface area contributed by atoms with E-state index in [0.717, 1.165) is 0 Å². The third-order valence-electron chi connectivity index (χ3n) is 6.15. The summed E-state index contributed by atoms with van der Waals surface area (Å²) in [5, 5.41) is 9.35. The molecule has 0 radical (unpaired) electrons. The molecule has 12 heteroatoms. The van der Waals surface area contributed by atoms with Gasteiger partial charge in [-0.05, 0) is 50.5 Å². The van der Waals surface area contributed by atoms with E-state index in [1.807, 2.05) is 0 Å². The van der Waals surface area contributed by atoms with Crippen molar-refractivity contribution in [3.8, 4) is 0 Å². The molecular weight excluding hydrogens is 470 g/mol. The molecule has 1 aliphatic heterocycles. The van der Waals surface area contributed by atoms with E-state index in [1.165, 1.54) is 28.9 Å². The van der Waals surface area contributed by atoms with Crippen LogP contribution < -0.4 is 21.1 Å². The molecule has 2 amide bonds. The standard InChI is InChI=1S/C24H27N5O7/c1-14(32)2-3-16(23(35)36)10-20(33)15-4-6-17(7-5-15)28(12-30)11-18-8-9-19-21(29(18)13-31)22(34)27-24(25)26-19/h4-7,12-13,16,18H,2-3,8-11H2,1H3,(H,35,36)(H3,25,26,27,34). The van der Waals surface area contributed by atoms with Crippen LogP contribution in [0.1, 0.15) is 48.7 Å². The minimum atomic E-state index is -1.14. The lowest BCUT2D eigenvalue weighted by molar-refractivity contribution is -0.142. The number of fused-ring (bicyclic) bond motifs is 1. The number of Topliss-reactive ketones (excluding diaryl/α,β-unsaturated/α-hetero) is 2. The van der Waals surface area contributed by atoms with E-state index >= 15 is 0 Å². The first-order valence-corrected chi connectivity index (χ1v) is 11.3. The van der Waals surface area contributed by atoms with Crippen molar-refractivity contribution in [2.24, 2.45) is 5.92 Å². The summed E-state index contributed by atoms with van der Waals surface area (Å²) in [6.45, 7) is 1.45. The van der Waals surface area contributed by atoms with Gasteiger partial charge in [0.15, 0.2) is 5.78 Å². The highest BCUT2D eigenvalue weighted by Gasteiger charge is 2.31. The maximum absolute atomic E-state index is 12.6. The largest absolute Gasteiger partial charge is 0.481 e. The second-order valence-electron chi connectivity index (χ2n) is 8.66. The molecule has 0 saturated heterocycles. The number of amides is 2. The van der Waals surface area contributed by atoms with Crippen LogP contribution in [0.15, 0.2) is 29.1 Å². The van der Waals surface area contributed by atoms with Gasteiger partial charge in [0.2, 0.25) is 18.8 Å². The van der Waals surface area contributed by atoms with E-state index in [1.54, 1.807) is 12.1 Å². The first-order valence-electron chi connectivity index (χ1n) is 11.3. The third kappa shape index (κ3) is 6.01. The Morgan fingerprint density at radius 2 is 1.97 bits per heavy atom. The van der Waals surface area contributed by atoms with Gasteiger partial charge in [-0.2, -0.15) is 0 Å². The Kier molecular flexibility index (Phi) is 8.30. The maximum atomic E-state index is 12.6. The number of ketones is 2. The van der Waals surface area contributed by atoms with Crippen molar-refractivity contribution in [2.75, 3.05) is 22.1 Å². The summed E-state index contributed by atoms with van der Waals surface area (Å²) in [5.74, 6) is -2.69. The second kappa shape index (κ2) is 11.4. The molecule has 0 saturated carbocycles. The predicted octanol–water partition coefficient (Wildman–Crippen LogP) is 0.936. The molecule has 1 aliphatic rings. The number of carboxylic acids is 1. The van der Waals surface area contributed by atoms with E-state index in [2.05, 4.69) is 9.97 Å². The SMILES string of the molecule is CC(=O)CCC(CC(=O)c1ccc(N(C=O)CC2CCc3nc(N)[nH]c(=O)c3N2C=O)cc1)C(=O)O. The van der Waals surface area contributed by atoms with E-state index in [-0.39, 0.29) is 48.8 Å². The Morgan fingerprint density at radius 1 is 1.28 bits per heavy atom. The Morgan fingerprint density at radius 3 is 2.56 bits per heavy atom. The van der Waals surface area contributed by atoms with Crippen LogP contribution >= 0.6 is 0 Å². The number of nitrogens with zero attached hydrogens (tertiary/aromatic N) is 3. The fourth-order valence-electron chi connectivity index (χ4n) is 4.22. The maximum Gasteiger partial charge on any atom is 0.306 e. The van der Waals surface area contributed by atoms with E-state index in [9.17, 15) is 33.9 Å². The highest BCUT2D eigenvalue weighted by molar-refractivity contribution is 5.98. The third-order valence-corrected chi connectivity index (χ3v) is 6.15. The van der Waals surface area contributed by atoms with Crippen molar-refractivity contribution in [3.05, 3.63) is 45.9 Å². The van der Waals surface area contributed by atoms with Crippen molar-refractivity contribution in [1.82, 2.24) is 9.97 Å². The number of aliphatic carboxylic acids is 1. The molecule has 190 valence electrons. The number of nitrogens with two attached hydrogens (primary N) is 1. The number of rotatable bonds is 12. The zero-order valence-corrected chi connectivity index (χ0v) is 19.7. The van der Waals surface area contributed by atoms with Crippen LogP contribution in [0.5, 0.6) is 0 Å². The van der Waals surface area contributed by atoms with Gasteiger partial charge < -0.3 is 25.4 Å². The van der Waals surface area contributed by atoms with Crippen LogP contribution in [0.4, 0.5) is 17.3 Å². The summed E-state index contributed by atoms with van der Waals surface area (Å²) in [5.41, 5.74) is 6.27. The zero-order chi connectivity index (χ0) is 26.4. The molecule has 4 N–H and O–H groups in total. The Hall–Kier alpha value is -4.35. The molecule has 2 heterocycles. The quantitative estimate of drug-likeness (QED) is 0.283. The number of H-pyrrole nitrogens is 1. The molecule has 2 unspecified atom stereocenters. The van der Waals surface area contributed by atoms with Crippen molar-refractivity contribution in [2.45, 2.75) is 45.1 Å². The average Bonchev–Trinajstić information content (AvgIpc) is 2.84. The van der Waals surface area contributed by atoms with Gasteiger partial charge in [0, 0.05) is 30.6 Å². The summed E-state index contributed by atoms with van der Waals surface area (Å²) >= 11 is 0. The molecule has 12 nitrogen and oxygen atoms in total. The first kappa shape index (κ1) is 26.3. The smallest absolute Gasteiger partial charge is 0.306 e. The minimum absolute atomic E-state index is 0.0410. The van der Waals surface area contributed by atoms with Gasteiger partial charge in [-0.3, -0.25) is 29.0 Å². The molecule has 0 bridgehead atoms. The molecule has 36 heavy (non-hydrogen) atoms. The molecule has 3 rings (SSSR count). The van der Waals surface area contributed by atoms with Crippen LogP contribution in [0.25, 0.3) is 0 Å². The number of nitrogen functional groups attached to an aromatic ring is 1. The van der Waals surface area contributed by atoms with Gasteiger partial charge in [-0.1, -0.05) is 0 Å². The van der Waals surface area contributed by atoms with Crippen LogP contribution in [0.2, 0.25) is 0 Å². The van der Waals surface area contributed by atoms with Crippen molar-refractivity contribution in [1.29, 1.82) is 0 Å². The van der Waals surface area contributed by atoms with Crippen LogP contribution in [0.3, 0.4) is 0 Å². The molecule has 2 aromatic rings. The molecule has 1 aromatic carbocycles. The van der Waals surface area contributed by atoms with Crippen molar-refractivity contribution >= 4 is 47.7 Å². The van der Waals surface area contributed by atoms with Crippen molar-refractivity contribution < 1.29 is 29.1 Å². The lowest BCUT2D eigenvalue weighted by Crippen LogP contribution is -2.48. The molecular formula is C24H27N5O7. The number of aromatic amines is 1. The number of hydrogen-bond acceptors (Lipinski definition) is 8. The van der Waals surface area contributed by atoms with Crippen LogP contribution in [0, 0.1) is 5.92 Å². The topological polar surface area (TPSA) is 184 Å². The van der Waals surface area contributed by atoms with Crippen LogP contribution in [-0.2, 0) is 25.6 Å². The van der Waals surface area contributed by atoms with Crippen molar-refractivity contribution in [3.63, 3.8) is 0 Å². The second-order valence-corrected chi connectivity index (χ2v) is 8.66. The Bertz CT molecular complexity index is 1220. The first-order chi connectivity index (χ1) is 17.1. The summed E-state index contributed by atoms with van der Waals surface area (Å²) in [6, 6.07) is 5.58. The monoisotopic (exact) mass is 497 g/mol. The van der Waals surface area contributed by atoms with E-state index in [4.69, 9.17) is 5.73 Å². The van der Waals surface area contributed by atoms with E-state index < -0.39 is 29.3 Å². The molecule has 1 aromatic heterocycles. The van der Waals surface area contributed by atoms with Crippen LogP contribution in [-0.4, -0.2) is 58.0 Å². The Labute approximate surface area is 206 Å². The average molecular weight is 498 g/mol. The number of aromatic nitrogens is 2. The number of hydrogen-bond donors (Lipinski definition) is 3. The fraction of sp³-hybridized carbons (Fsp3) is 0.375. The summed E-state index contributed by atoms with van der Waals surface area (Å²) < 4.78 is 0. The number of nitrogens with one attached hydrogen (secondary N) is 1. The summed E-state index contributed by atoms with van der Waals surface area (Å²) in [6.07, 6.45) is 1.86. The predicted molar refractivity (Wildman–Crippen MR) is 130 cm³/mol. The molecule has 2 atom stereocenters. The van der Waals surface area contributed by atoms with Gasteiger partial charge in [-0.25, -0.2) is 4.98 Å². The van der Waals surface area contributed by atoms with Gasteiger partial charge in [0.05, 0.1) is 17.7 Å². The fourth-order valence-corrected chi connectivity index (χ4v) is 4.22. The number of carbonyl (C=O) groups is 5. The van der Waals surface area contributed by atoms with Gasteiger partial charge >= 0.3 is 5.97 Å². The number of aryl methyl sites for hydroxylation is 1. The number of carboxylic acid groups (broad SMARTS) is 1. The normalized spacial score (nSPS) is 15.5. The van der Waals surface area contributed by atoms with Gasteiger partial charge in [-0.15, -0.1) is 0 Å². The summed E-state index contributed by atoms with van der Waals surface area (Å²) in [4.78, 5) is 80.3. The van der Waals surface area contributed by atoms with Gasteiger partial charge in [0.1, 0.15) is 11.5 Å². The molecule has 0 fully saturated rings. The Balaban J connectivity index is 1.72. The highest BCUT2D eigenvalue weighted by atomic mass is 16.4. The lowest BCUT2D eigenvalue weighted by atomic mass is 9.93. The molecule has 0 aliphatic carbocycles. The van der Waals surface area contributed by atoms with E-state index in [0.29, 0.717) is 37.0 Å². The highest BCUT2D eigenvalue weighted by Crippen LogP contribution is 2.27. The zero-order valence-electron chi connectivity index (χ0n) is 19.7. The molecule has 0 spiro atoms.